The maximum absolute atomic E-state index is 3.88. The number of benzene rings is 3. The van der Waals surface area contributed by atoms with E-state index in [1.54, 1.807) is 0 Å². The Hall–Kier alpha value is -1.60. The molecule has 0 aliphatic rings. The summed E-state index contributed by atoms with van der Waals surface area (Å²) in [7, 11) is 0. The molecule has 0 fully saturated rings. The van der Waals surface area contributed by atoms with Gasteiger partial charge in [0.15, 0.2) is 0 Å². The van der Waals surface area contributed by atoms with Crippen molar-refractivity contribution >= 4 is 26.7 Å². The van der Waals surface area contributed by atoms with Crippen molar-refractivity contribution in [2.45, 2.75) is 24.6 Å². The van der Waals surface area contributed by atoms with Gasteiger partial charge in [0.2, 0.25) is 0 Å². The van der Waals surface area contributed by atoms with Crippen LogP contribution in [0.2, 0.25) is 0 Å². The Morgan fingerprint density at radius 3 is 2.05 bits per heavy atom. The molecule has 0 N–H and O–H groups in total. The van der Waals surface area contributed by atoms with Crippen LogP contribution in [0.5, 0.6) is 0 Å². The number of halogens is 1. The number of rotatable bonds is 3. The van der Waals surface area contributed by atoms with Crippen molar-refractivity contribution in [1.29, 1.82) is 0 Å². The standard InChI is InChI=1S/C20H19Br/c1-14(2)15-10-12-17(13-11-15)20(21)19-9-5-7-16-6-3-4-8-18(16)19/h3-14,20H,1-2H3. The van der Waals surface area contributed by atoms with Crippen LogP contribution in [0.4, 0.5) is 0 Å². The molecular weight excluding hydrogens is 320 g/mol. The molecule has 1 unspecified atom stereocenters. The molecule has 0 aromatic heterocycles. The van der Waals surface area contributed by atoms with E-state index < -0.39 is 0 Å². The molecule has 1 heteroatoms. The highest BCUT2D eigenvalue weighted by Crippen LogP contribution is 2.35. The third kappa shape index (κ3) is 2.89. The monoisotopic (exact) mass is 338 g/mol. The van der Waals surface area contributed by atoms with E-state index in [0.717, 1.165) is 0 Å². The summed E-state index contributed by atoms with van der Waals surface area (Å²) in [6.45, 7) is 4.46. The van der Waals surface area contributed by atoms with Crippen LogP contribution in [0.25, 0.3) is 10.8 Å². The van der Waals surface area contributed by atoms with Gasteiger partial charge in [0, 0.05) is 0 Å². The maximum Gasteiger partial charge on any atom is 0.0650 e. The van der Waals surface area contributed by atoms with Crippen molar-refractivity contribution in [2.75, 3.05) is 0 Å². The van der Waals surface area contributed by atoms with Crippen LogP contribution in [0.15, 0.2) is 66.7 Å². The van der Waals surface area contributed by atoms with Gasteiger partial charge in [-0.05, 0) is 33.4 Å². The molecule has 0 aliphatic heterocycles. The Morgan fingerprint density at radius 1 is 0.714 bits per heavy atom. The van der Waals surface area contributed by atoms with E-state index in [9.17, 15) is 0 Å². The Morgan fingerprint density at radius 2 is 1.33 bits per heavy atom. The van der Waals surface area contributed by atoms with Crippen molar-refractivity contribution in [3.8, 4) is 0 Å². The number of fused-ring (bicyclic) bond motifs is 1. The van der Waals surface area contributed by atoms with Crippen molar-refractivity contribution in [2.24, 2.45) is 0 Å². The van der Waals surface area contributed by atoms with Crippen molar-refractivity contribution in [3.05, 3.63) is 83.4 Å². The average molecular weight is 339 g/mol. The summed E-state index contributed by atoms with van der Waals surface area (Å²) >= 11 is 3.88. The highest BCUT2D eigenvalue weighted by molar-refractivity contribution is 9.09. The van der Waals surface area contributed by atoms with Crippen LogP contribution in [0.1, 0.15) is 41.3 Å². The molecule has 0 bridgehead atoms. The minimum atomic E-state index is 0.227. The normalized spacial score (nSPS) is 12.8. The molecule has 21 heavy (non-hydrogen) atoms. The molecule has 0 heterocycles. The summed E-state index contributed by atoms with van der Waals surface area (Å²) in [5.74, 6) is 0.574. The molecule has 106 valence electrons. The third-order valence-electron chi connectivity index (χ3n) is 3.99. The van der Waals surface area contributed by atoms with Gasteiger partial charge in [-0.25, -0.2) is 0 Å². The van der Waals surface area contributed by atoms with Crippen molar-refractivity contribution in [3.63, 3.8) is 0 Å². The Balaban J connectivity index is 2.02. The lowest BCUT2D eigenvalue weighted by molar-refractivity contribution is 0.865. The molecule has 3 aromatic rings. The van der Waals surface area contributed by atoms with Crippen molar-refractivity contribution in [1.82, 2.24) is 0 Å². The molecule has 0 nitrogen and oxygen atoms in total. The summed E-state index contributed by atoms with van der Waals surface area (Å²) in [6, 6.07) is 24.0. The van der Waals surface area contributed by atoms with Gasteiger partial charge in [0.1, 0.15) is 0 Å². The molecule has 0 aliphatic carbocycles. The lowest BCUT2D eigenvalue weighted by atomic mass is 9.96. The topological polar surface area (TPSA) is 0 Å². The second-order valence-corrected chi connectivity index (χ2v) is 6.67. The van der Waals surface area contributed by atoms with E-state index in [-0.39, 0.29) is 4.83 Å². The zero-order valence-electron chi connectivity index (χ0n) is 12.4. The first kappa shape index (κ1) is 14.3. The summed E-state index contributed by atoms with van der Waals surface area (Å²) in [4.78, 5) is 0.227. The smallest absolute Gasteiger partial charge is 0.0650 e. The van der Waals surface area contributed by atoms with Gasteiger partial charge in [0.05, 0.1) is 4.83 Å². The zero-order valence-corrected chi connectivity index (χ0v) is 14.0. The van der Waals surface area contributed by atoms with Gasteiger partial charge in [-0.2, -0.15) is 0 Å². The van der Waals surface area contributed by atoms with Crippen LogP contribution in [-0.4, -0.2) is 0 Å². The highest BCUT2D eigenvalue weighted by atomic mass is 79.9. The quantitative estimate of drug-likeness (QED) is 0.481. The maximum atomic E-state index is 3.88. The molecule has 0 spiro atoms. The number of hydrogen-bond acceptors (Lipinski definition) is 0. The van der Waals surface area contributed by atoms with E-state index >= 15 is 0 Å². The summed E-state index contributed by atoms with van der Waals surface area (Å²) in [6.07, 6.45) is 0. The first-order valence-electron chi connectivity index (χ1n) is 7.38. The Kier molecular flexibility index (Phi) is 4.12. The van der Waals surface area contributed by atoms with Crippen LogP contribution >= 0.6 is 15.9 Å². The largest absolute Gasteiger partial charge is 0.0786 e. The number of alkyl halides is 1. The first-order chi connectivity index (χ1) is 10.2. The molecular formula is C20H19Br. The second-order valence-electron chi connectivity index (χ2n) is 5.75. The van der Waals surface area contributed by atoms with Crippen LogP contribution in [0, 0.1) is 0 Å². The molecule has 0 radical (unpaired) electrons. The number of hydrogen-bond donors (Lipinski definition) is 0. The molecule has 0 amide bonds. The predicted molar refractivity (Wildman–Crippen MR) is 95.2 cm³/mol. The van der Waals surface area contributed by atoms with E-state index in [1.807, 2.05) is 0 Å². The molecule has 3 rings (SSSR count). The van der Waals surface area contributed by atoms with E-state index in [2.05, 4.69) is 96.5 Å². The summed E-state index contributed by atoms with van der Waals surface area (Å²) in [5.41, 5.74) is 4.01. The Bertz CT molecular complexity index is 736. The Labute approximate surface area is 134 Å². The predicted octanol–water partition coefficient (Wildman–Crippen LogP) is 6.45. The van der Waals surface area contributed by atoms with Crippen LogP contribution in [-0.2, 0) is 0 Å². The van der Waals surface area contributed by atoms with E-state index in [0.29, 0.717) is 5.92 Å². The van der Waals surface area contributed by atoms with Gasteiger partial charge in [-0.3, -0.25) is 0 Å². The average Bonchev–Trinajstić information content (AvgIpc) is 2.53. The highest BCUT2D eigenvalue weighted by Gasteiger charge is 2.13. The second kappa shape index (κ2) is 6.03. The van der Waals surface area contributed by atoms with Crippen LogP contribution in [0.3, 0.4) is 0 Å². The summed E-state index contributed by atoms with van der Waals surface area (Å²) in [5, 5.41) is 2.60. The SMILES string of the molecule is CC(C)c1ccc(C(Br)c2cccc3ccccc23)cc1. The molecule has 3 aromatic carbocycles. The molecule has 0 saturated heterocycles. The van der Waals surface area contributed by atoms with Gasteiger partial charge in [-0.1, -0.05) is 96.5 Å². The lowest BCUT2D eigenvalue weighted by Crippen LogP contribution is -1.95. The van der Waals surface area contributed by atoms with Gasteiger partial charge >= 0.3 is 0 Å². The minimum absolute atomic E-state index is 0.227. The summed E-state index contributed by atoms with van der Waals surface area (Å²) < 4.78 is 0. The minimum Gasteiger partial charge on any atom is -0.0786 e. The zero-order chi connectivity index (χ0) is 14.8. The fourth-order valence-corrected chi connectivity index (χ4v) is 3.41. The van der Waals surface area contributed by atoms with Crippen LogP contribution < -0.4 is 0 Å². The van der Waals surface area contributed by atoms with Gasteiger partial charge in [-0.15, -0.1) is 0 Å². The lowest BCUT2D eigenvalue weighted by Gasteiger charge is -2.15. The third-order valence-corrected chi connectivity index (χ3v) is 5.01. The van der Waals surface area contributed by atoms with Gasteiger partial charge < -0.3 is 0 Å². The van der Waals surface area contributed by atoms with Crippen molar-refractivity contribution < 1.29 is 0 Å². The fraction of sp³-hybridized carbons (Fsp3) is 0.200. The van der Waals surface area contributed by atoms with E-state index in [4.69, 9.17) is 0 Å². The first-order valence-corrected chi connectivity index (χ1v) is 8.30. The van der Waals surface area contributed by atoms with E-state index in [1.165, 1.54) is 27.5 Å². The van der Waals surface area contributed by atoms with Gasteiger partial charge in [0.25, 0.3) is 0 Å². The molecule has 1 atom stereocenters. The fourth-order valence-electron chi connectivity index (χ4n) is 2.70. The molecule has 0 saturated carbocycles.